The van der Waals surface area contributed by atoms with E-state index in [4.69, 9.17) is 9.15 Å². The Kier molecular flexibility index (Phi) is 2.95. The lowest BCUT2D eigenvalue weighted by molar-refractivity contribution is -0.0843. The summed E-state index contributed by atoms with van der Waals surface area (Å²) in [7, 11) is 0. The fourth-order valence-corrected chi connectivity index (χ4v) is 2.70. The zero-order valence-corrected chi connectivity index (χ0v) is 9.39. The lowest BCUT2D eigenvalue weighted by atomic mass is 9.99. The first-order valence-electron chi connectivity index (χ1n) is 6.01. The minimum absolute atomic E-state index is 0.370. The molecule has 0 aliphatic carbocycles. The number of nitrogens with one attached hydrogen (secondary N) is 1. The summed E-state index contributed by atoms with van der Waals surface area (Å²) in [6.07, 6.45) is 5.14. The van der Waals surface area contributed by atoms with E-state index in [2.05, 4.69) is 10.2 Å². The number of ether oxygens (including phenoxy) is 1. The number of furan rings is 1. The van der Waals surface area contributed by atoms with Gasteiger partial charge in [-0.05, 0) is 19.0 Å². The summed E-state index contributed by atoms with van der Waals surface area (Å²) in [6, 6.07) is 2.62. The number of nitrogens with zero attached hydrogens (tertiary/aromatic N) is 1. The van der Waals surface area contributed by atoms with E-state index in [9.17, 15) is 0 Å². The second-order valence-corrected chi connectivity index (χ2v) is 4.57. The Labute approximate surface area is 95.6 Å². The number of piperidine rings is 1. The molecule has 4 nitrogen and oxygen atoms in total. The van der Waals surface area contributed by atoms with E-state index < -0.39 is 0 Å². The van der Waals surface area contributed by atoms with Gasteiger partial charge in [0.05, 0.1) is 25.2 Å². The highest BCUT2D eigenvalue weighted by Crippen LogP contribution is 2.21. The molecule has 88 valence electrons. The molecule has 3 rings (SSSR count). The molecule has 0 unspecified atom stereocenters. The van der Waals surface area contributed by atoms with Crippen LogP contribution in [0.4, 0.5) is 0 Å². The molecule has 0 radical (unpaired) electrons. The summed E-state index contributed by atoms with van der Waals surface area (Å²) in [5, 5.41) is 3.39. The second kappa shape index (κ2) is 4.57. The third-order valence-corrected chi connectivity index (χ3v) is 3.54. The average Bonchev–Trinajstić information content (AvgIpc) is 2.82. The molecule has 0 amide bonds. The molecule has 2 saturated heterocycles. The van der Waals surface area contributed by atoms with Crippen molar-refractivity contribution < 1.29 is 9.15 Å². The third-order valence-electron chi connectivity index (χ3n) is 3.54. The van der Waals surface area contributed by atoms with Crippen LogP contribution in [0.25, 0.3) is 0 Å². The molecule has 2 atom stereocenters. The maximum atomic E-state index is 5.80. The van der Waals surface area contributed by atoms with Crippen molar-refractivity contribution in [3.8, 4) is 0 Å². The van der Waals surface area contributed by atoms with Gasteiger partial charge in [0, 0.05) is 31.2 Å². The van der Waals surface area contributed by atoms with Crippen LogP contribution >= 0.6 is 0 Å². The normalized spacial score (nSPS) is 31.2. The average molecular weight is 222 g/mol. The minimum atomic E-state index is 0.370. The summed E-state index contributed by atoms with van der Waals surface area (Å²) in [5.41, 5.74) is 1.26. The van der Waals surface area contributed by atoms with Crippen molar-refractivity contribution in [2.24, 2.45) is 0 Å². The zero-order chi connectivity index (χ0) is 10.8. The van der Waals surface area contributed by atoms with Crippen molar-refractivity contribution in [1.29, 1.82) is 0 Å². The second-order valence-electron chi connectivity index (χ2n) is 4.57. The molecule has 2 aliphatic heterocycles. The van der Waals surface area contributed by atoms with Gasteiger partial charge in [0.1, 0.15) is 0 Å². The van der Waals surface area contributed by atoms with Crippen LogP contribution in [0.3, 0.4) is 0 Å². The van der Waals surface area contributed by atoms with E-state index in [0.717, 1.165) is 32.8 Å². The van der Waals surface area contributed by atoms with Crippen LogP contribution in [0.2, 0.25) is 0 Å². The molecule has 1 aromatic heterocycles. The lowest BCUT2D eigenvalue weighted by Crippen LogP contribution is -2.57. The van der Waals surface area contributed by atoms with Crippen LogP contribution in [0.5, 0.6) is 0 Å². The predicted octanol–water partition coefficient (Wildman–Crippen LogP) is 0.842. The van der Waals surface area contributed by atoms with Gasteiger partial charge in [-0.1, -0.05) is 0 Å². The van der Waals surface area contributed by atoms with E-state index in [-0.39, 0.29) is 0 Å². The maximum Gasteiger partial charge on any atom is 0.0947 e. The van der Waals surface area contributed by atoms with Gasteiger partial charge in [-0.15, -0.1) is 0 Å². The Morgan fingerprint density at radius 2 is 2.50 bits per heavy atom. The molecular weight excluding hydrogens is 204 g/mol. The van der Waals surface area contributed by atoms with Gasteiger partial charge < -0.3 is 14.5 Å². The molecule has 0 aromatic carbocycles. The Morgan fingerprint density at radius 1 is 1.50 bits per heavy atom. The third kappa shape index (κ3) is 2.00. The van der Waals surface area contributed by atoms with Gasteiger partial charge >= 0.3 is 0 Å². The zero-order valence-electron chi connectivity index (χ0n) is 9.39. The summed E-state index contributed by atoms with van der Waals surface area (Å²) in [6.45, 7) is 4.97. The molecule has 2 fully saturated rings. The van der Waals surface area contributed by atoms with E-state index in [1.807, 2.05) is 12.3 Å². The predicted molar refractivity (Wildman–Crippen MR) is 60.1 cm³/mol. The van der Waals surface area contributed by atoms with Crippen molar-refractivity contribution in [3.63, 3.8) is 0 Å². The molecule has 0 spiro atoms. The molecule has 1 aromatic rings. The monoisotopic (exact) mass is 222 g/mol. The van der Waals surface area contributed by atoms with Crippen LogP contribution < -0.4 is 5.32 Å². The Balaban J connectivity index is 1.68. The first kappa shape index (κ1) is 10.3. The van der Waals surface area contributed by atoms with Crippen LogP contribution in [0.1, 0.15) is 12.0 Å². The highest BCUT2D eigenvalue weighted by atomic mass is 16.5. The van der Waals surface area contributed by atoms with E-state index in [1.54, 1.807) is 6.26 Å². The summed E-state index contributed by atoms with van der Waals surface area (Å²) < 4.78 is 10.9. The minimum Gasteiger partial charge on any atom is -0.472 e. The standard InChI is InChI=1S/C12H18N2O2/c1-3-13-7-12-11(1)14(4-6-16-12)8-10-2-5-15-9-10/h2,5,9,11-13H,1,3-4,6-8H2/t11-,12+/m1/s1. The largest absolute Gasteiger partial charge is 0.472 e. The smallest absolute Gasteiger partial charge is 0.0947 e. The topological polar surface area (TPSA) is 37.6 Å². The number of morpholine rings is 1. The van der Waals surface area contributed by atoms with Crippen molar-refractivity contribution in [2.75, 3.05) is 26.2 Å². The maximum absolute atomic E-state index is 5.80. The fraction of sp³-hybridized carbons (Fsp3) is 0.667. The summed E-state index contributed by atoms with van der Waals surface area (Å²) in [4.78, 5) is 2.53. The highest BCUT2D eigenvalue weighted by Gasteiger charge is 2.33. The van der Waals surface area contributed by atoms with Gasteiger partial charge in [0.15, 0.2) is 0 Å². The van der Waals surface area contributed by atoms with Gasteiger partial charge in [-0.3, -0.25) is 4.90 Å². The number of hydrogen-bond acceptors (Lipinski definition) is 4. The van der Waals surface area contributed by atoms with E-state index >= 15 is 0 Å². The Bertz CT molecular complexity index is 324. The fourth-order valence-electron chi connectivity index (χ4n) is 2.70. The van der Waals surface area contributed by atoms with Crippen molar-refractivity contribution in [3.05, 3.63) is 24.2 Å². The van der Waals surface area contributed by atoms with Crippen molar-refractivity contribution in [2.45, 2.75) is 25.1 Å². The van der Waals surface area contributed by atoms with Gasteiger partial charge in [0.2, 0.25) is 0 Å². The molecule has 16 heavy (non-hydrogen) atoms. The molecule has 1 N–H and O–H groups in total. The first-order chi connectivity index (χ1) is 7.93. The molecule has 2 aliphatic rings. The van der Waals surface area contributed by atoms with Crippen LogP contribution in [0, 0.1) is 0 Å². The Hall–Kier alpha value is -0.840. The lowest BCUT2D eigenvalue weighted by Gasteiger charge is -2.43. The highest BCUT2D eigenvalue weighted by molar-refractivity contribution is 5.06. The molecule has 4 heteroatoms. The summed E-state index contributed by atoms with van der Waals surface area (Å²) in [5.74, 6) is 0. The van der Waals surface area contributed by atoms with Gasteiger partial charge in [-0.2, -0.15) is 0 Å². The van der Waals surface area contributed by atoms with Gasteiger partial charge in [-0.25, -0.2) is 0 Å². The van der Waals surface area contributed by atoms with Gasteiger partial charge in [0.25, 0.3) is 0 Å². The number of hydrogen-bond donors (Lipinski definition) is 1. The van der Waals surface area contributed by atoms with Crippen LogP contribution in [-0.4, -0.2) is 43.3 Å². The molecule has 0 bridgehead atoms. The molecule has 3 heterocycles. The number of rotatable bonds is 2. The van der Waals surface area contributed by atoms with Crippen LogP contribution in [0.15, 0.2) is 23.0 Å². The van der Waals surface area contributed by atoms with Crippen LogP contribution in [-0.2, 0) is 11.3 Å². The van der Waals surface area contributed by atoms with Crippen molar-refractivity contribution >= 4 is 0 Å². The molecular formula is C12H18N2O2. The quantitative estimate of drug-likeness (QED) is 0.804. The van der Waals surface area contributed by atoms with E-state index in [0.29, 0.717) is 12.1 Å². The Morgan fingerprint density at radius 3 is 3.38 bits per heavy atom. The number of fused-ring (bicyclic) bond motifs is 1. The van der Waals surface area contributed by atoms with E-state index in [1.165, 1.54) is 12.0 Å². The first-order valence-corrected chi connectivity index (χ1v) is 6.01. The molecule has 0 saturated carbocycles. The SMILES string of the molecule is c1cc(CN2CCO[C@H]3CNCC[C@H]32)co1. The summed E-state index contributed by atoms with van der Waals surface area (Å²) >= 11 is 0. The van der Waals surface area contributed by atoms with Crippen molar-refractivity contribution in [1.82, 2.24) is 10.2 Å².